The molecule has 2 atom stereocenters. The van der Waals surface area contributed by atoms with Gasteiger partial charge < -0.3 is 14.7 Å². The van der Waals surface area contributed by atoms with Crippen molar-refractivity contribution in [3.63, 3.8) is 0 Å². The van der Waals surface area contributed by atoms with Crippen molar-refractivity contribution in [3.8, 4) is 0 Å². The van der Waals surface area contributed by atoms with Gasteiger partial charge in [0.1, 0.15) is 6.04 Å². The van der Waals surface area contributed by atoms with E-state index in [4.69, 9.17) is 9.84 Å². The molecule has 1 heterocycles. The summed E-state index contributed by atoms with van der Waals surface area (Å²) in [5, 5.41) is 9.02. The van der Waals surface area contributed by atoms with Gasteiger partial charge in [-0.05, 0) is 13.8 Å². The number of carboxylic acids is 1. The minimum absolute atomic E-state index is 0.185. The van der Waals surface area contributed by atoms with E-state index in [1.807, 2.05) is 0 Å². The predicted molar refractivity (Wildman–Crippen MR) is 61.4 cm³/mol. The molecule has 0 aromatic rings. The number of nitrogens with zero attached hydrogens (tertiary/aromatic N) is 1. The second kappa shape index (κ2) is 4.95. The summed E-state index contributed by atoms with van der Waals surface area (Å²) in [5.41, 5.74) is 0. The standard InChI is InChI=1S/C10H15NO5S/c1-4-16-9(15)10(3)11(6(2)12)7(5-17-10)8(13)14/h7H,4-5H2,1-3H3,(H,13,14)/t7-,10-/m1/s1. The predicted octanol–water partition coefficient (Wildman–Crippen LogP) is 0.314. The number of carboxylic acid groups (broad SMARTS) is 1. The van der Waals surface area contributed by atoms with Crippen molar-refractivity contribution >= 4 is 29.6 Å². The first-order valence-electron chi connectivity index (χ1n) is 5.18. The highest BCUT2D eigenvalue weighted by molar-refractivity contribution is 8.01. The monoisotopic (exact) mass is 261 g/mol. The summed E-state index contributed by atoms with van der Waals surface area (Å²) in [6.45, 7) is 4.62. The second-order valence-corrected chi connectivity index (χ2v) is 5.17. The number of thioether (sulfide) groups is 1. The van der Waals surface area contributed by atoms with E-state index in [9.17, 15) is 14.4 Å². The summed E-state index contributed by atoms with van der Waals surface area (Å²) in [4.78, 5) is 34.2. The molecule has 0 bridgehead atoms. The number of carbonyl (C=O) groups excluding carboxylic acids is 2. The molecule has 0 unspecified atom stereocenters. The highest BCUT2D eigenvalue weighted by Gasteiger charge is 2.54. The van der Waals surface area contributed by atoms with E-state index >= 15 is 0 Å². The van der Waals surface area contributed by atoms with Gasteiger partial charge in [-0.2, -0.15) is 0 Å². The van der Waals surface area contributed by atoms with Crippen LogP contribution in [0.1, 0.15) is 20.8 Å². The molecule has 0 aliphatic carbocycles. The van der Waals surface area contributed by atoms with Gasteiger partial charge >= 0.3 is 11.9 Å². The number of carbonyl (C=O) groups is 3. The summed E-state index contributed by atoms with van der Waals surface area (Å²) in [6.07, 6.45) is 0. The smallest absolute Gasteiger partial charge is 0.342 e. The van der Waals surface area contributed by atoms with Gasteiger partial charge in [-0.15, -0.1) is 11.8 Å². The first-order valence-corrected chi connectivity index (χ1v) is 6.17. The van der Waals surface area contributed by atoms with Crippen LogP contribution in [0.3, 0.4) is 0 Å². The van der Waals surface area contributed by atoms with Crippen molar-refractivity contribution in [2.75, 3.05) is 12.4 Å². The number of hydrogen-bond acceptors (Lipinski definition) is 5. The molecule has 1 rings (SSSR count). The van der Waals surface area contributed by atoms with Crippen LogP contribution in [0.25, 0.3) is 0 Å². The molecular weight excluding hydrogens is 246 g/mol. The van der Waals surface area contributed by atoms with Crippen LogP contribution in [-0.2, 0) is 19.1 Å². The van der Waals surface area contributed by atoms with Gasteiger partial charge in [0.2, 0.25) is 5.91 Å². The maximum absolute atomic E-state index is 11.8. The van der Waals surface area contributed by atoms with E-state index in [-0.39, 0.29) is 12.4 Å². The molecule has 1 fully saturated rings. The Bertz CT molecular complexity index is 359. The molecule has 17 heavy (non-hydrogen) atoms. The Morgan fingerprint density at radius 2 is 2.12 bits per heavy atom. The zero-order valence-electron chi connectivity index (χ0n) is 9.93. The number of esters is 1. The zero-order valence-corrected chi connectivity index (χ0v) is 10.7. The molecule has 0 aromatic heterocycles. The highest BCUT2D eigenvalue weighted by Crippen LogP contribution is 2.40. The van der Waals surface area contributed by atoms with Crippen molar-refractivity contribution in [2.24, 2.45) is 0 Å². The largest absolute Gasteiger partial charge is 0.480 e. The second-order valence-electron chi connectivity index (χ2n) is 3.76. The zero-order chi connectivity index (χ0) is 13.2. The lowest BCUT2D eigenvalue weighted by Crippen LogP contribution is -2.54. The van der Waals surface area contributed by atoms with Gasteiger partial charge in [0.25, 0.3) is 0 Å². The minimum atomic E-state index is -1.25. The van der Waals surface area contributed by atoms with Crippen LogP contribution < -0.4 is 0 Å². The lowest BCUT2D eigenvalue weighted by atomic mass is 10.2. The summed E-state index contributed by atoms with van der Waals surface area (Å²) in [6, 6.07) is -0.980. The van der Waals surface area contributed by atoms with Crippen molar-refractivity contribution in [3.05, 3.63) is 0 Å². The van der Waals surface area contributed by atoms with Gasteiger partial charge in [0.05, 0.1) is 6.61 Å². The summed E-state index contributed by atoms with van der Waals surface area (Å²) < 4.78 is 4.89. The van der Waals surface area contributed by atoms with Crippen molar-refractivity contribution in [1.29, 1.82) is 0 Å². The van der Waals surface area contributed by atoms with Crippen LogP contribution >= 0.6 is 11.8 Å². The molecule has 7 heteroatoms. The van der Waals surface area contributed by atoms with Crippen LogP contribution in [0.2, 0.25) is 0 Å². The first kappa shape index (κ1) is 13.8. The van der Waals surface area contributed by atoms with E-state index in [2.05, 4.69) is 0 Å². The number of amides is 1. The number of aliphatic carboxylic acids is 1. The van der Waals surface area contributed by atoms with E-state index < -0.39 is 28.8 Å². The van der Waals surface area contributed by atoms with Crippen molar-refractivity contribution in [1.82, 2.24) is 4.90 Å². The molecule has 0 radical (unpaired) electrons. The van der Waals surface area contributed by atoms with Crippen LogP contribution in [0.4, 0.5) is 0 Å². The molecule has 1 saturated heterocycles. The van der Waals surface area contributed by atoms with E-state index in [0.717, 1.165) is 16.7 Å². The third-order valence-electron chi connectivity index (χ3n) is 2.57. The van der Waals surface area contributed by atoms with Gasteiger partial charge in [0.15, 0.2) is 4.87 Å². The molecule has 6 nitrogen and oxygen atoms in total. The molecule has 1 aliphatic rings. The van der Waals surface area contributed by atoms with E-state index in [1.165, 1.54) is 13.8 Å². The Labute approximate surface area is 103 Å². The summed E-state index contributed by atoms with van der Waals surface area (Å²) >= 11 is 1.12. The molecule has 0 spiro atoms. The quantitative estimate of drug-likeness (QED) is 0.736. The highest BCUT2D eigenvalue weighted by atomic mass is 32.2. The maximum Gasteiger partial charge on any atom is 0.342 e. The third kappa shape index (κ3) is 2.38. The van der Waals surface area contributed by atoms with Gasteiger partial charge in [-0.25, -0.2) is 9.59 Å². The number of rotatable bonds is 3. The summed E-state index contributed by atoms with van der Waals surface area (Å²) in [5.74, 6) is -1.95. The lowest BCUT2D eigenvalue weighted by molar-refractivity contribution is -0.160. The molecule has 1 N–H and O–H groups in total. The van der Waals surface area contributed by atoms with Crippen molar-refractivity contribution in [2.45, 2.75) is 31.7 Å². The third-order valence-corrected chi connectivity index (χ3v) is 3.98. The molecule has 1 aliphatic heterocycles. The minimum Gasteiger partial charge on any atom is -0.480 e. The molecule has 0 aromatic carbocycles. The fourth-order valence-corrected chi connectivity index (χ4v) is 3.15. The van der Waals surface area contributed by atoms with Crippen LogP contribution in [0.5, 0.6) is 0 Å². The van der Waals surface area contributed by atoms with Crippen LogP contribution in [0.15, 0.2) is 0 Å². The number of ether oxygens (including phenoxy) is 1. The number of hydrogen-bond donors (Lipinski definition) is 1. The molecule has 1 amide bonds. The fourth-order valence-electron chi connectivity index (χ4n) is 1.81. The van der Waals surface area contributed by atoms with Gasteiger partial charge in [-0.1, -0.05) is 0 Å². The topological polar surface area (TPSA) is 83.9 Å². The Balaban J connectivity index is 3.04. The first-order chi connectivity index (χ1) is 7.84. The Morgan fingerprint density at radius 3 is 2.53 bits per heavy atom. The average Bonchev–Trinajstić information content (AvgIpc) is 2.58. The van der Waals surface area contributed by atoms with E-state index in [0.29, 0.717) is 0 Å². The fraction of sp³-hybridized carbons (Fsp3) is 0.700. The molecular formula is C10H15NO5S. The molecule has 0 saturated carbocycles. The Hall–Kier alpha value is -1.24. The van der Waals surface area contributed by atoms with Crippen LogP contribution in [-0.4, -0.2) is 51.1 Å². The Kier molecular flexibility index (Phi) is 4.03. The van der Waals surface area contributed by atoms with E-state index in [1.54, 1.807) is 6.92 Å². The van der Waals surface area contributed by atoms with Gasteiger partial charge in [0, 0.05) is 12.7 Å². The van der Waals surface area contributed by atoms with Gasteiger partial charge in [-0.3, -0.25) is 4.79 Å². The average molecular weight is 261 g/mol. The van der Waals surface area contributed by atoms with Crippen LogP contribution in [0, 0.1) is 0 Å². The molecule has 96 valence electrons. The Morgan fingerprint density at radius 1 is 1.53 bits per heavy atom. The van der Waals surface area contributed by atoms with Crippen molar-refractivity contribution < 1.29 is 24.2 Å². The lowest BCUT2D eigenvalue weighted by Gasteiger charge is -2.33. The SMILES string of the molecule is CCOC(=O)[C@@]1(C)SC[C@H](C(=O)O)N1C(C)=O. The maximum atomic E-state index is 11.8. The summed E-state index contributed by atoms with van der Waals surface area (Å²) in [7, 11) is 0. The normalized spacial score (nSPS) is 27.9.